The molecule has 0 bridgehead atoms. The molecule has 2 aromatic heterocycles. The van der Waals surface area contributed by atoms with Gasteiger partial charge in [-0.2, -0.15) is 0 Å². The molecule has 2 aromatic rings. The molecule has 0 radical (unpaired) electrons. The van der Waals surface area contributed by atoms with E-state index in [1.54, 1.807) is 38.2 Å². The summed E-state index contributed by atoms with van der Waals surface area (Å²) < 4.78 is 0. The number of rotatable bonds is 4. The molecule has 20 heavy (non-hydrogen) atoms. The molecule has 2 heterocycles. The summed E-state index contributed by atoms with van der Waals surface area (Å²) in [5.41, 5.74) is 1.17. The summed E-state index contributed by atoms with van der Waals surface area (Å²) in [4.78, 5) is 27.9. The van der Waals surface area contributed by atoms with Crippen molar-refractivity contribution >= 4 is 28.9 Å². The van der Waals surface area contributed by atoms with Crippen LogP contribution in [0.15, 0.2) is 30.5 Å². The van der Waals surface area contributed by atoms with Crippen molar-refractivity contribution in [3.63, 3.8) is 0 Å². The summed E-state index contributed by atoms with van der Waals surface area (Å²) in [6, 6.07) is 6.71. The van der Waals surface area contributed by atoms with Gasteiger partial charge in [0.1, 0.15) is 10.6 Å². The van der Waals surface area contributed by atoms with Crippen molar-refractivity contribution < 1.29 is 14.7 Å². The molecule has 0 atom stereocenters. The van der Waals surface area contributed by atoms with Crippen molar-refractivity contribution in [3.05, 3.63) is 35.3 Å². The van der Waals surface area contributed by atoms with Gasteiger partial charge < -0.3 is 10.4 Å². The SMILES string of the molecule is CC(C)C(=O)Nc1cccnc1-c1ccc(C(=O)O)s1. The lowest BCUT2D eigenvalue weighted by Gasteiger charge is -2.10. The highest BCUT2D eigenvalue weighted by Crippen LogP contribution is 2.31. The summed E-state index contributed by atoms with van der Waals surface area (Å²) in [5, 5.41) is 11.8. The Morgan fingerprint density at radius 2 is 2.05 bits per heavy atom. The van der Waals surface area contributed by atoms with E-state index in [0.717, 1.165) is 11.3 Å². The maximum absolute atomic E-state index is 11.8. The van der Waals surface area contributed by atoms with Crippen molar-refractivity contribution in [1.29, 1.82) is 0 Å². The molecule has 2 N–H and O–H groups in total. The van der Waals surface area contributed by atoms with Gasteiger partial charge in [0.2, 0.25) is 5.91 Å². The number of carbonyl (C=O) groups is 2. The summed E-state index contributed by atoms with van der Waals surface area (Å²) in [5.74, 6) is -1.21. The van der Waals surface area contributed by atoms with Crippen LogP contribution in [0.5, 0.6) is 0 Å². The second-order valence-corrected chi connectivity index (χ2v) is 5.60. The average molecular weight is 290 g/mol. The van der Waals surface area contributed by atoms with Crippen LogP contribution in [0.25, 0.3) is 10.6 Å². The minimum absolute atomic E-state index is 0.103. The summed E-state index contributed by atoms with van der Waals surface area (Å²) in [7, 11) is 0. The van der Waals surface area contributed by atoms with E-state index in [1.807, 2.05) is 0 Å². The van der Waals surface area contributed by atoms with Crippen molar-refractivity contribution in [1.82, 2.24) is 4.98 Å². The van der Waals surface area contributed by atoms with Crippen molar-refractivity contribution in [2.45, 2.75) is 13.8 Å². The Labute approximate surface area is 120 Å². The van der Waals surface area contributed by atoms with Gasteiger partial charge in [0.05, 0.1) is 10.6 Å². The number of anilines is 1. The fourth-order valence-corrected chi connectivity index (χ4v) is 2.42. The third-order valence-electron chi connectivity index (χ3n) is 2.64. The van der Waals surface area contributed by atoms with Gasteiger partial charge in [-0.15, -0.1) is 11.3 Å². The van der Waals surface area contributed by atoms with Crippen LogP contribution in [0.1, 0.15) is 23.5 Å². The first kappa shape index (κ1) is 14.2. The molecule has 6 heteroatoms. The van der Waals surface area contributed by atoms with E-state index in [9.17, 15) is 9.59 Å². The number of aromatic nitrogens is 1. The highest BCUT2D eigenvalue weighted by molar-refractivity contribution is 7.17. The van der Waals surface area contributed by atoms with E-state index >= 15 is 0 Å². The Hall–Kier alpha value is -2.21. The molecular formula is C14H14N2O3S. The number of carboxylic acid groups (broad SMARTS) is 1. The van der Waals surface area contributed by atoms with Gasteiger partial charge in [-0.25, -0.2) is 4.79 Å². The Morgan fingerprint density at radius 3 is 2.65 bits per heavy atom. The lowest BCUT2D eigenvalue weighted by molar-refractivity contribution is -0.118. The number of carboxylic acids is 1. The molecule has 0 aromatic carbocycles. The van der Waals surface area contributed by atoms with Gasteiger partial charge in [0.15, 0.2) is 0 Å². The molecule has 5 nitrogen and oxygen atoms in total. The second-order valence-electron chi connectivity index (χ2n) is 4.51. The van der Waals surface area contributed by atoms with Crippen molar-refractivity contribution in [2.75, 3.05) is 5.32 Å². The normalized spacial score (nSPS) is 10.6. The fraction of sp³-hybridized carbons (Fsp3) is 0.214. The number of hydrogen-bond donors (Lipinski definition) is 2. The second kappa shape index (κ2) is 5.83. The van der Waals surface area contributed by atoms with Crippen LogP contribution in [-0.2, 0) is 4.79 Å². The molecule has 1 amide bonds. The number of aromatic carboxylic acids is 1. The number of pyridine rings is 1. The quantitative estimate of drug-likeness (QED) is 0.906. The molecule has 104 valence electrons. The molecule has 0 unspecified atom stereocenters. The van der Waals surface area contributed by atoms with Gasteiger partial charge in [-0.05, 0) is 24.3 Å². The molecule has 2 rings (SSSR count). The molecule has 0 saturated heterocycles. The van der Waals surface area contributed by atoms with Crippen LogP contribution in [0.4, 0.5) is 5.69 Å². The monoisotopic (exact) mass is 290 g/mol. The van der Waals surface area contributed by atoms with Crippen LogP contribution in [-0.4, -0.2) is 22.0 Å². The Balaban J connectivity index is 2.36. The molecule has 0 saturated carbocycles. The molecule has 0 fully saturated rings. The van der Waals surface area contributed by atoms with Gasteiger partial charge in [0.25, 0.3) is 0 Å². The number of carbonyl (C=O) groups excluding carboxylic acids is 1. The minimum atomic E-state index is -0.968. The summed E-state index contributed by atoms with van der Waals surface area (Å²) in [6.07, 6.45) is 1.61. The predicted octanol–water partition coefficient (Wildman–Crippen LogP) is 3.10. The average Bonchev–Trinajstić information content (AvgIpc) is 2.88. The van der Waals surface area contributed by atoms with E-state index in [1.165, 1.54) is 6.07 Å². The number of nitrogens with one attached hydrogen (secondary N) is 1. The zero-order valence-corrected chi connectivity index (χ0v) is 11.9. The largest absolute Gasteiger partial charge is 0.477 e. The Kier molecular flexibility index (Phi) is 4.14. The smallest absolute Gasteiger partial charge is 0.345 e. The van der Waals surface area contributed by atoms with Crippen LogP contribution in [0.3, 0.4) is 0 Å². The Bertz CT molecular complexity index is 649. The molecule has 0 spiro atoms. The van der Waals surface area contributed by atoms with Gasteiger partial charge in [0, 0.05) is 12.1 Å². The Morgan fingerprint density at radius 1 is 1.30 bits per heavy atom. The van der Waals surface area contributed by atoms with Crippen LogP contribution < -0.4 is 5.32 Å². The van der Waals surface area contributed by atoms with Crippen molar-refractivity contribution in [3.8, 4) is 10.6 Å². The third kappa shape index (κ3) is 3.03. The highest BCUT2D eigenvalue weighted by Gasteiger charge is 2.15. The molecule has 0 aliphatic rings. The predicted molar refractivity (Wildman–Crippen MR) is 78.0 cm³/mol. The first-order valence-corrected chi connectivity index (χ1v) is 6.90. The van der Waals surface area contributed by atoms with Gasteiger partial charge in [-0.1, -0.05) is 13.8 Å². The number of thiophene rings is 1. The fourth-order valence-electron chi connectivity index (χ4n) is 1.56. The lowest BCUT2D eigenvalue weighted by Crippen LogP contribution is -2.18. The zero-order chi connectivity index (χ0) is 14.7. The zero-order valence-electron chi connectivity index (χ0n) is 11.1. The number of hydrogen-bond acceptors (Lipinski definition) is 4. The van der Waals surface area contributed by atoms with E-state index in [4.69, 9.17) is 5.11 Å². The maximum Gasteiger partial charge on any atom is 0.345 e. The first-order valence-electron chi connectivity index (χ1n) is 6.08. The van der Waals surface area contributed by atoms with E-state index < -0.39 is 5.97 Å². The van der Waals surface area contributed by atoms with Gasteiger partial charge in [-0.3, -0.25) is 9.78 Å². The molecular weight excluding hydrogens is 276 g/mol. The summed E-state index contributed by atoms with van der Waals surface area (Å²) in [6.45, 7) is 3.61. The van der Waals surface area contributed by atoms with Crippen molar-refractivity contribution in [2.24, 2.45) is 5.92 Å². The third-order valence-corrected chi connectivity index (χ3v) is 3.72. The molecule has 0 aliphatic carbocycles. The maximum atomic E-state index is 11.8. The van der Waals surface area contributed by atoms with Crippen LogP contribution in [0, 0.1) is 5.92 Å². The van der Waals surface area contributed by atoms with Crippen LogP contribution in [0.2, 0.25) is 0 Å². The van der Waals surface area contributed by atoms with Gasteiger partial charge >= 0.3 is 5.97 Å². The number of nitrogens with zero attached hydrogens (tertiary/aromatic N) is 1. The van der Waals surface area contributed by atoms with E-state index in [-0.39, 0.29) is 16.7 Å². The van der Waals surface area contributed by atoms with E-state index in [2.05, 4.69) is 10.3 Å². The minimum Gasteiger partial charge on any atom is -0.477 e. The highest BCUT2D eigenvalue weighted by atomic mass is 32.1. The van der Waals surface area contributed by atoms with E-state index in [0.29, 0.717) is 16.3 Å². The summed E-state index contributed by atoms with van der Waals surface area (Å²) >= 11 is 1.13. The molecule has 0 aliphatic heterocycles. The number of amides is 1. The lowest BCUT2D eigenvalue weighted by atomic mass is 10.2. The van der Waals surface area contributed by atoms with Crippen LogP contribution >= 0.6 is 11.3 Å². The standard InChI is InChI=1S/C14H14N2O3S/c1-8(2)13(17)16-9-4-3-7-15-12(9)10-5-6-11(20-10)14(18)19/h3-8H,1-2H3,(H,16,17)(H,18,19). The topological polar surface area (TPSA) is 79.3 Å². The first-order chi connectivity index (χ1) is 9.49.